The predicted molar refractivity (Wildman–Crippen MR) is 80.4 cm³/mol. The molecule has 3 rings (SSSR count). The number of halogens is 1. The highest BCUT2D eigenvalue weighted by atomic mass is 79.9. The summed E-state index contributed by atoms with van der Waals surface area (Å²) in [7, 11) is 0. The van der Waals surface area contributed by atoms with E-state index in [2.05, 4.69) is 15.9 Å². The molecule has 1 aliphatic heterocycles. The Balaban J connectivity index is 2.00. The molecule has 2 nitrogen and oxygen atoms in total. The van der Waals surface area contributed by atoms with E-state index in [9.17, 15) is 4.79 Å². The van der Waals surface area contributed by atoms with Crippen molar-refractivity contribution in [3.05, 3.63) is 50.1 Å². The molecule has 4 heteroatoms. The number of carbonyl (C=O) groups excluding carboxylic acids is 1. The van der Waals surface area contributed by atoms with E-state index in [1.54, 1.807) is 11.3 Å². The number of aryl methyl sites for hydroxylation is 1. The number of hydrogen-bond acceptors (Lipinski definition) is 3. The summed E-state index contributed by atoms with van der Waals surface area (Å²) in [5.41, 5.74) is 1.01. The van der Waals surface area contributed by atoms with Crippen LogP contribution in [0.15, 0.2) is 34.8 Å². The van der Waals surface area contributed by atoms with Crippen molar-refractivity contribution in [1.29, 1.82) is 0 Å². The molecule has 1 atom stereocenters. The summed E-state index contributed by atoms with van der Waals surface area (Å²) >= 11 is 5.04. The van der Waals surface area contributed by atoms with Crippen LogP contribution in [0.25, 0.3) is 0 Å². The normalized spacial score (nSPS) is 17.7. The third-order valence-electron chi connectivity index (χ3n) is 3.31. The van der Waals surface area contributed by atoms with Gasteiger partial charge in [-0.2, -0.15) is 0 Å². The van der Waals surface area contributed by atoms with Gasteiger partial charge in [0.15, 0.2) is 5.78 Å². The van der Waals surface area contributed by atoms with Gasteiger partial charge in [0.05, 0.1) is 17.4 Å². The number of ether oxygens (including phenoxy) is 1. The maximum absolute atomic E-state index is 12.7. The lowest BCUT2D eigenvalue weighted by Gasteiger charge is -2.24. The molecule has 0 saturated carbocycles. The van der Waals surface area contributed by atoms with Crippen LogP contribution in [0.3, 0.4) is 0 Å². The van der Waals surface area contributed by atoms with Crippen molar-refractivity contribution in [3.8, 4) is 5.75 Å². The Hall–Kier alpha value is -1.13. The van der Waals surface area contributed by atoms with Crippen molar-refractivity contribution < 1.29 is 9.53 Å². The average molecular weight is 337 g/mol. The first-order valence-electron chi connectivity index (χ1n) is 6.18. The number of thiophene rings is 1. The highest BCUT2D eigenvalue weighted by molar-refractivity contribution is 9.10. The number of rotatable bonds is 2. The molecule has 0 spiro atoms. The van der Waals surface area contributed by atoms with E-state index < -0.39 is 0 Å². The minimum atomic E-state index is -0.0840. The standard InChI is InChI=1S/C15H13BrO2S/c1-9-8-12(16)15(19-9)14(17)11-6-7-18-13-5-3-2-4-10(11)13/h2-5,8,11H,6-7H2,1H3. The van der Waals surface area contributed by atoms with Crippen LogP contribution in [-0.4, -0.2) is 12.4 Å². The molecule has 2 heterocycles. The number of Topliss-reactive ketones (excluding diaryl/α,β-unsaturated/α-hetero) is 1. The predicted octanol–water partition coefficient (Wildman–Crippen LogP) is 4.57. The lowest BCUT2D eigenvalue weighted by molar-refractivity contribution is 0.0936. The van der Waals surface area contributed by atoms with Gasteiger partial charge in [-0.3, -0.25) is 4.79 Å². The van der Waals surface area contributed by atoms with Crippen molar-refractivity contribution in [3.63, 3.8) is 0 Å². The quantitative estimate of drug-likeness (QED) is 0.751. The Labute approximate surface area is 124 Å². The summed E-state index contributed by atoms with van der Waals surface area (Å²) in [6, 6.07) is 9.83. The monoisotopic (exact) mass is 336 g/mol. The highest BCUT2D eigenvalue weighted by Crippen LogP contribution is 2.38. The van der Waals surface area contributed by atoms with Crippen LogP contribution in [0.1, 0.15) is 32.5 Å². The SMILES string of the molecule is Cc1cc(Br)c(C(=O)C2CCOc3ccccc32)s1. The molecule has 2 aromatic rings. The zero-order chi connectivity index (χ0) is 13.4. The summed E-state index contributed by atoms with van der Waals surface area (Å²) in [6.07, 6.45) is 0.749. The number of carbonyl (C=O) groups is 1. The van der Waals surface area contributed by atoms with Crippen molar-refractivity contribution in [1.82, 2.24) is 0 Å². The van der Waals surface area contributed by atoms with Gasteiger partial charge in [0.25, 0.3) is 0 Å². The Kier molecular flexibility index (Phi) is 3.46. The number of fused-ring (bicyclic) bond motifs is 1. The smallest absolute Gasteiger partial charge is 0.181 e. The molecule has 1 unspecified atom stereocenters. The number of para-hydroxylation sites is 1. The molecule has 1 aromatic heterocycles. The van der Waals surface area contributed by atoms with Gasteiger partial charge in [-0.25, -0.2) is 0 Å². The van der Waals surface area contributed by atoms with Crippen LogP contribution in [0.2, 0.25) is 0 Å². The van der Waals surface area contributed by atoms with Gasteiger partial charge in [0.1, 0.15) is 5.75 Å². The second-order valence-corrected chi connectivity index (χ2v) is 6.74. The summed E-state index contributed by atoms with van der Waals surface area (Å²) < 4.78 is 6.52. The minimum Gasteiger partial charge on any atom is -0.493 e. The van der Waals surface area contributed by atoms with Crippen molar-refractivity contribution in [2.24, 2.45) is 0 Å². The molecular formula is C15H13BrO2S. The van der Waals surface area contributed by atoms with Crippen molar-refractivity contribution >= 4 is 33.0 Å². The Morgan fingerprint density at radius 1 is 1.42 bits per heavy atom. The summed E-state index contributed by atoms with van der Waals surface area (Å²) in [5, 5.41) is 0. The van der Waals surface area contributed by atoms with Gasteiger partial charge in [0, 0.05) is 14.9 Å². The van der Waals surface area contributed by atoms with Crippen molar-refractivity contribution in [2.75, 3.05) is 6.61 Å². The van der Waals surface area contributed by atoms with Gasteiger partial charge in [-0.15, -0.1) is 11.3 Å². The highest BCUT2D eigenvalue weighted by Gasteiger charge is 2.30. The van der Waals surface area contributed by atoms with Crippen LogP contribution in [0.4, 0.5) is 0 Å². The first-order valence-corrected chi connectivity index (χ1v) is 7.79. The molecule has 0 bridgehead atoms. The van der Waals surface area contributed by atoms with E-state index in [-0.39, 0.29) is 11.7 Å². The Bertz CT molecular complexity index is 633. The molecule has 1 aliphatic rings. The first kappa shape index (κ1) is 12.9. The maximum atomic E-state index is 12.7. The van der Waals surface area contributed by atoms with Gasteiger partial charge in [-0.05, 0) is 41.4 Å². The van der Waals surface area contributed by atoms with Gasteiger partial charge in [-0.1, -0.05) is 18.2 Å². The number of ketones is 1. The third-order valence-corrected chi connectivity index (χ3v) is 5.26. The average Bonchev–Trinajstić information content (AvgIpc) is 2.76. The van der Waals surface area contributed by atoms with Crippen LogP contribution in [-0.2, 0) is 0 Å². The molecule has 0 radical (unpaired) electrons. The first-order chi connectivity index (χ1) is 9.16. The largest absolute Gasteiger partial charge is 0.493 e. The van der Waals surface area contributed by atoms with E-state index in [1.807, 2.05) is 37.3 Å². The molecule has 0 amide bonds. The van der Waals surface area contributed by atoms with Gasteiger partial charge >= 0.3 is 0 Å². The van der Waals surface area contributed by atoms with E-state index in [0.29, 0.717) is 6.61 Å². The maximum Gasteiger partial charge on any atom is 0.181 e. The van der Waals surface area contributed by atoms with Gasteiger partial charge in [0.2, 0.25) is 0 Å². The second-order valence-electron chi connectivity index (χ2n) is 4.63. The molecule has 0 fully saturated rings. The van der Waals surface area contributed by atoms with Gasteiger partial charge < -0.3 is 4.74 Å². The fourth-order valence-corrected chi connectivity index (χ4v) is 4.25. The van der Waals surface area contributed by atoms with Crippen molar-refractivity contribution in [2.45, 2.75) is 19.3 Å². The fourth-order valence-electron chi connectivity index (χ4n) is 2.42. The van der Waals surface area contributed by atoms with E-state index in [0.717, 1.165) is 32.0 Å². The fraction of sp³-hybridized carbons (Fsp3) is 0.267. The molecule has 98 valence electrons. The van der Waals surface area contributed by atoms with E-state index in [1.165, 1.54) is 0 Å². The van der Waals surface area contributed by atoms with Crippen LogP contribution >= 0.6 is 27.3 Å². The minimum absolute atomic E-state index is 0.0840. The summed E-state index contributed by atoms with van der Waals surface area (Å²) in [5.74, 6) is 0.955. The van der Waals surface area contributed by atoms with E-state index in [4.69, 9.17) is 4.74 Å². The van der Waals surface area contributed by atoms with Crippen LogP contribution in [0, 0.1) is 6.92 Å². The molecule has 19 heavy (non-hydrogen) atoms. The number of hydrogen-bond donors (Lipinski definition) is 0. The lowest BCUT2D eigenvalue weighted by atomic mass is 9.89. The Morgan fingerprint density at radius 3 is 2.95 bits per heavy atom. The molecule has 0 saturated heterocycles. The second kappa shape index (κ2) is 5.10. The van der Waals surface area contributed by atoms with E-state index >= 15 is 0 Å². The summed E-state index contributed by atoms with van der Waals surface area (Å²) in [6.45, 7) is 2.62. The topological polar surface area (TPSA) is 26.3 Å². The molecule has 0 aliphatic carbocycles. The van der Waals surface area contributed by atoms with Crippen LogP contribution < -0.4 is 4.74 Å². The molecule has 1 aromatic carbocycles. The lowest BCUT2D eigenvalue weighted by Crippen LogP contribution is -2.21. The summed E-state index contributed by atoms with van der Waals surface area (Å²) in [4.78, 5) is 14.7. The number of benzene rings is 1. The Morgan fingerprint density at radius 2 is 2.21 bits per heavy atom. The zero-order valence-electron chi connectivity index (χ0n) is 10.5. The molecule has 0 N–H and O–H groups in total. The van der Waals surface area contributed by atoms with Crippen LogP contribution in [0.5, 0.6) is 5.75 Å². The molecular weight excluding hydrogens is 324 g/mol. The third kappa shape index (κ3) is 2.35. The zero-order valence-corrected chi connectivity index (χ0v) is 12.9.